The Kier molecular flexibility index (Phi) is 3.79. The van der Waals surface area contributed by atoms with Crippen LogP contribution in [0.2, 0.25) is 5.02 Å². The molecule has 0 saturated heterocycles. The third kappa shape index (κ3) is 2.78. The van der Waals surface area contributed by atoms with Crippen LogP contribution in [0.25, 0.3) is 0 Å². The highest BCUT2D eigenvalue weighted by Gasteiger charge is 2.08. The van der Waals surface area contributed by atoms with Crippen LogP contribution in [0.4, 0.5) is 4.39 Å². The lowest BCUT2D eigenvalue weighted by atomic mass is 10.2. The second-order valence-corrected chi connectivity index (χ2v) is 4.39. The van der Waals surface area contributed by atoms with E-state index in [0.29, 0.717) is 17.1 Å². The van der Waals surface area contributed by atoms with E-state index in [1.54, 1.807) is 30.3 Å². The lowest BCUT2D eigenvalue weighted by molar-refractivity contribution is 0.476. The van der Waals surface area contributed by atoms with Crippen molar-refractivity contribution in [3.63, 3.8) is 0 Å². The molecule has 0 radical (unpaired) electrons. The van der Waals surface area contributed by atoms with E-state index < -0.39 is 5.82 Å². The Balaban J connectivity index is 2.34. The number of hydrogen-bond donors (Lipinski definition) is 1. The van der Waals surface area contributed by atoms with E-state index in [4.69, 9.17) is 34.3 Å². The molecule has 0 unspecified atom stereocenters. The van der Waals surface area contributed by atoms with E-state index in [0.717, 1.165) is 0 Å². The van der Waals surface area contributed by atoms with Gasteiger partial charge in [0.05, 0.1) is 10.6 Å². The molecule has 0 spiro atoms. The Morgan fingerprint density at radius 2 is 1.94 bits per heavy atom. The van der Waals surface area contributed by atoms with Gasteiger partial charge in [-0.3, -0.25) is 0 Å². The number of halogens is 2. The average Bonchev–Trinajstić information content (AvgIpc) is 2.34. The van der Waals surface area contributed by atoms with Crippen molar-refractivity contribution in [2.24, 2.45) is 5.73 Å². The fourth-order valence-electron chi connectivity index (χ4n) is 1.43. The van der Waals surface area contributed by atoms with Crippen molar-refractivity contribution in [3.8, 4) is 11.5 Å². The Bertz CT molecular complexity index is 603. The molecule has 0 amide bonds. The summed E-state index contributed by atoms with van der Waals surface area (Å²) in [4.78, 5) is 0.222. The molecule has 2 nitrogen and oxygen atoms in total. The van der Waals surface area contributed by atoms with Gasteiger partial charge in [0.15, 0.2) is 0 Å². The van der Waals surface area contributed by atoms with Crippen LogP contribution >= 0.6 is 23.8 Å². The van der Waals surface area contributed by atoms with Gasteiger partial charge in [-0.25, -0.2) is 4.39 Å². The Hall–Kier alpha value is -1.65. The molecular weight excluding hydrogens is 273 g/mol. The van der Waals surface area contributed by atoms with Crippen LogP contribution in [0.5, 0.6) is 11.5 Å². The maximum atomic E-state index is 13.3. The van der Waals surface area contributed by atoms with Crippen LogP contribution in [-0.4, -0.2) is 4.99 Å². The van der Waals surface area contributed by atoms with Crippen molar-refractivity contribution in [1.29, 1.82) is 0 Å². The van der Waals surface area contributed by atoms with Crippen LogP contribution in [-0.2, 0) is 0 Å². The summed E-state index contributed by atoms with van der Waals surface area (Å²) < 4.78 is 18.8. The first-order valence-corrected chi connectivity index (χ1v) is 5.88. The highest BCUT2D eigenvalue weighted by atomic mass is 35.5. The lowest BCUT2D eigenvalue weighted by Gasteiger charge is -2.10. The molecule has 0 aliphatic heterocycles. The molecule has 0 saturated carbocycles. The average molecular weight is 282 g/mol. The Morgan fingerprint density at radius 3 is 2.61 bits per heavy atom. The number of para-hydroxylation sites is 1. The maximum absolute atomic E-state index is 13.3. The van der Waals surface area contributed by atoms with Gasteiger partial charge >= 0.3 is 0 Å². The predicted octanol–water partition coefficient (Wildman–Crippen LogP) is 3.91. The minimum absolute atomic E-state index is 0.0463. The van der Waals surface area contributed by atoms with E-state index in [1.807, 2.05) is 0 Å². The van der Waals surface area contributed by atoms with Crippen molar-refractivity contribution < 1.29 is 9.13 Å². The van der Waals surface area contributed by atoms with Gasteiger partial charge < -0.3 is 10.5 Å². The summed E-state index contributed by atoms with van der Waals surface area (Å²) in [5, 5.41) is 0.0463. The summed E-state index contributed by atoms with van der Waals surface area (Å²) in [6.45, 7) is 0. The molecule has 0 atom stereocenters. The molecule has 0 heterocycles. The maximum Gasteiger partial charge on any atom is 0.145 e. The highest BCUT2D eigenvalue weighted by Crippen LogP contribution is 2.27. The number of hydrogen-bond acceptors (Lipinski definition) is 2. The molecule has 0 aliphatic rings. The fourth-order valence-corrected chi connectivity index (χ4v) is 1.71. The van der Waals surface area contributed by atoms with Crippen molar-refractivity contribution in [2.75, 3.05) is 0 Å². The molecule has 0 bridgehead atoms. The topological polar surface area (TPSA) is 35.2 Å². The molecule has 2 aromatic carbocycles. The number of rotatable bonds is 3. The number of thiocarbonyl (C=S) groups is 1. The van der Waals surface area contributed by atoms with Crippen LogP contribution in [0.3, 0.4) is 0 Å². The monoisotopic (exact) mass is 281 g/mol. The highest BCUT2D eigenvalue weighted by molar-refractivity contribution is 7.80. The van der Waals surface area contributed by atoms with Crippen LogP contribution in [0, 0.1) is 5.82 Å². The van der Waals surface area contributed by atoms with E-state index in [9.17, 15) is 4.39 Å². The van der Waals surface area contributed by atoms with Gasteiger partial charge in [0.2, 0.25) is 0 Å². The predicted molar refractivity (Wildman–Crippen MR) is 73.8 cm³/mol. The molecule has 2 rings (SSSR count). The first kappa shape index (κ1) is 12.8. The SMILES string of the molecule is NC(=S)c1ccccc1Oc1ccc(Cl)c(F)c1. The van der Waals surface area contributed by atoms with E-state index in [2.05, 4.69) is 0 Å². The molecule has 2 N–H and O–H groups in total. The fraction of sp³-hybridized carbons (Fsp3) is 0. The van der Waals surface area contributed by atoms with Gasteiger partial charge in [0.25, 0.3) is 0 Å². The van der Waals surface area contributed by atoms with Crippen molar-refractivity contribution in [3.05, 3.63) is 58.9 Å². The van der Waals surface area contributed by atoms with E-state index in [1.165, 1.54) is 12.1 Å². The van der Waals surface area contributed by atoms with E-state index in [-0.39, 0.29) is 10.0 Å². The molecule has 0 aliphatic carbocycles. The molecule has 2 aromatic rings. The molecule has 0 aromatic heterocycles. The summed E-state index contributed by atoms with van der Waals surface area (Å²) in [6, 6.07) is 11.2. The zero-order valence-electron chi connectivity index (χ0n) is 9.19. The Labute approximate surface area is 114 Å². The van der Waals surface area contributed by atoms with Crippen LogP contribution in [0.1, 0.15) is 5.56 Å². The standard InChI is InChI=1S/C13H9ClFNOS/c14-10-6-5-8(7-11(10)15)17-12-4-2-1-3-9(12)13(16)18/h1-7H,(H2,16,18). The van der Waals surface area contributed by atoms with Gasteiger partial charge in [-0.2, -0.15) is 0 Å². The number of benzene rings is 2. The van der Waals surface area contributed by atoms with Crippen LogP contribution < -0.4 is 10.5 Å². The molecule has 5 heteroatoms. The third-order valence-corrected chi connectivity index (χ3v) is 2.80. The normalized spacial score (nSPS) is 10.1. The largest absolute Gasteiger partial charge is 0.457 e. The van der Waals surface area contributed by atoms with Gasteiger partial charge in [0.1, 0.15) is 22.3 Å². The van der Waals surface area contributed by atoms with E-state index >= 15 is 0 Å². The quantitative estimate of drug-likeness (QED) is 0.867. The van der Waals surface area contributed by atoms with Gasteiger partial charge in [-0.1, -0.05) is 36.0 Å². The number of nitrogens with two attached hydrogens (primary N) is 1. The molecule has 0 fully saturated rings. The third-order valence-electron chi connectivity index (χ3n) is 2.27. The Morgan fingerprint density at radius 1 is 1.22 bits per heavy atom. The zero-order valence-corrected chi connectivity index (χ0v) is 10.8. The summed E-state index contributed by atoms with van der Waals surface area (Å²) in [6.07, 6.45) is 0. The summed E-state index contributed by atoms with van der Waals surface area (Å²) in [5.41, 5.74) is 6.18. The van der Waals surface area contributed by atoms with Gasteiger partial charge in [0, 0.05) is 6.07 Å². The van der Waals surface area contributed by atoms with Gasteiger partial charge in [-0.05, 0) is 24.3 Å². The smallest absolute Gasteiger partial charge is 0.145 e. The summed E-state index contributed by atoms with van der Waals surface area (Å²) in [7, 11) is 0. The van der Waals surface area contributed by atoms with Crippen molar-refractivity contribution in [1.82, 2.24) is 0 Å². The number of ether oxygens (including phenoxy) is 1. The second-order valence-electron chi connectivity index (χ2n) is 3.54. The molecule has 92 valence electrons. The van der Waals surface area contributed by atoms with Crippen molar-refractivity contribution >= 4 is 28.8 Å². The zero-order chi connectivity index (χ0) is 13.1. The van der Waals surface area contributed by atoms with Crippen LogP contribution in [0.15, 0.2) is 42.5 Å². The second kappa shape index (κ2) is 5.33. The summed E-state index contributed by atoms with van der Waals surface area (Å²) in [5.74, 6) is 0.272. The van der Waals surface area contributed by atoms with Crippen molar-refractivity contribution in [2.45, 2.75) is 0 Å². The minimum atomic E-state index is -0.540. The first-order valence-electron chi connectivity index (χ1n) is 5.09. The first-order chi connectivity index (χ1) is 8.58. The van der Waals surface area contributed by atoms with Gasteiger partial charge in [-0.15, -0.1) is 0 Å². The molecular formula is C13H9ClFNOS. The lowest BCUT2D eigenvalue weighted by Crippen LogP contribution is -2.10. The summed E-state index contributed by atoms with van der Waals surface area (Å²) >= 11 is 10.5. The minimum Gasteiger partial charge on any atom is -0.457 e. The molecule has 18 heavy (non-hydrogen) atoms.